The van der Waals surface area contributed by atoms with Crippen molar-refractivity contribution in [3.8, 4) is 0 Å². The van der Waals surface area contributed by atoms with E-state index in [1.165, 1.54) is 25.7 Å². The van der Waals surface area contributed by atoms with Gasteiger partial charge in [-0.25, -0.2) is 0 Å². The standard InChI is InChI=1S/C9H18O/c1-9(2,7-10)6-8-4-3-5-8/h8,10H,3-7H2,1-2H3. The number of aliphatic hydroxyl groups excluding tert-OH is 1. The topological polar surface area (TPSA) is 20.2 Å². The van der Waals surface area contributed by atoms with Crippen molar-refractivity contribution in [2.45, 2.75) is 39.5 Å². The Labute approximate surface area is 63.4 Å². The average Bonchev–Trinajstić information content (AvgIpc) is 1.80. The lowest BCUT2D eigenvalue weighted by atomic mass is 9.74. The highest BCUT2D eigenvalue weighted by molar-refractivity contribution is 4.77. The first-order chi connectivity index (χ1) is 4.64. The second-order valence-electron chi connectivity index (χ2n) is 4.32. The van der Waals surface area contributed by atoms with Crippen LogP contribution in [0.25, 0.3) is 0 Å². The number of hydrogen-bond acceptors (Lipinski definition) is 1. The van der Waals surface area contributed by atoms with Crippen LogP contribution in [0.4, 0.5) is 0 Å². The van der Waals surface area contributed by atoms with Gasteiger partial charge in [-0.1, -0.05) is 33.1 Å². The van der Waals surface area contributed by atoms with Crippen LogP contribution < -0.4 is 0 Å². The van der Waals surface area contributed by atoms with Crippen molar-refractivity contribution in [3.05, 3.63) is 0 Å². The van der Waals surface area contributed by atoms with E-state index in [9.17, 15) is 0 Å². The van der Waals surface area contributed by atoms with Gasteiger partial charge in [-0.05, 0) is 17.8 Å². The molecule has 1 N–H and O–H groups in total. The predicted octanol–water partition coefficient (Wildman–Crippen LogP) is 2.20. The van der Waals surface area contributed by atoms with E-state index >= 15 is 0 Å². The third-order valence-corrected chi connectivity index (χ3v) is 2.49. The van der Waals surface area contributed by atoms with Crippen LogP contribution in [0, 0.1) is 11.3 Å². The van der Waals surface area contributed by atoms with Gasteiger partial charge in [-0.2, -0.15) is 0 Å². The fraction of sp³-hybridized carbons (Fsp3) is 1.00. The summed E-state index contributed by atoms with van der Waals surface area (Å²) in [6, 6.07) is 0. The van der Waals surface area contributed by atoms with Crippen molar-refractivity contribution in [2.24, 2.45) is 11.3 Å². The Morgan fingerprint density at radius 1 is 1.40 bits per heavy atom. The Morgan fingerprint density at radius 2 is 2.00 bits per heavy atom. The van der Waals surface area contributed by atoms with Crippen molar-refractivity contribution in [1.82, 2.24) is 0 Å². The molecule has 0 bridgehead atoms. The molecule has 1 fully saturated rings. The summed E-state index contributed by atoms with van der Waals surface area (Å²) in [6.07, 6.45) is 5.41. The highest BCUT2D eigenvalue weighted by atomic mass is 16.3. The van der Waals surface area contributed by atoms with Crippen LogP contribution in [0.1, 0.15) is 39.5 Å². The zero-order valence-electron chi connectivity index (χ0n) is 7.06. The highest BCUT2D eigenvalue weighted by Gasteiger charge is 2.26. The maximum Gasteiger partial charge on any atom is 0.0482 e. The van der Waals surface area contributed by atoms with Gasteiger partial charge in [0.05, 0.1) is 0 Å². The zero-order valence-corrected chi connectivity index (χ0v) is 7.06. The van der Waals surface area contributed by atoms with E-state index < -0.39 is 0 Å². The van der Waals surface area contributed by atoms with Gasteiger partial charge in [-0.3, -0.25) is 0 Å². The quantitative estimate of drug-likeness (QED) is 0.640. The van der Waals surface area contributed by atoms with Crippen LogP contribution in [0.5, 0.6) is 0 Å². The number of rotatable bonds is 3. The van der Waals surface area contributed by atoms with Gasteiger partial charge in [0.1, 0.15) is 0 Å². The molecule has 0 heterocycles. The summed E-state index contributed by atoms with van der Waals surface area (Å²) < 4.78 is 0. The molecule has 1 rings (SSSR count). The summed E-state index contributed by atoms with van der Waals surface area (Å²) in [5, 5.41) is 8.96. The summed E-state index contributed by atoms with van der Waals surface area (Å²) in [4.78, 5) is 0. The van der Waals surface area contributed by atoms with Crippen molar-refractivity contribution in [3.63, 3.8) is 0 Å². The molecule has 1 aliphatic rings. The van der Waals surface area contributed by atoms with E-state index in [1.807, 2.05) is 0 Å². The Kier molecular flexibility index (Phi) is 2.35. The minimum absolute atomic E-state index is 0.172. The minimum atomic E-state index is 0.172. The molecule has 0 saturated heterocycles. The van der Waals surface area contributed by atoms with Crippen molar-refractivity contribution < 1.29 is 5.11 Å². The van der Waals surface area contributed by atoms with E-state index in [1.54, 1.807) is 0 Å². The smallest absolute Gasteiger partial charge is 0.0482 e. The molecule has 0 amide bonds. The summed E-state index contributed by atoms with van der Waals surface area (Å²) in [7, 11) is 0. The normalized spacial score (nSPS) is 20.7. The second kappa shape index (κ2) is 2.91. The summed E-state index contributed by atoms with van der Waals surface area (Å²) >= 11 is 0. The Balaban J connectivity index is 2.21. The molecule has 10 heavy (non-hydrogen) atoms. The molecule has 0 atom stereocenters. The Hall–Kier alpha value is -0.0400. The van der Waals surface area contributed by atoms with Crippen molar-refractivity contribution in [2.75, 3.05) is 6.61 Å². The average molecular weight is 142 g/mol. The van der Waals surface area contributed by atoms with Crippen LogP contribution in [0.3, 0.4) is 0 Å². The molecule has 0 aliphatic heterocycles. The van der Waals surface area contributed by atoms with E-state index in [0.29, 0.717) is 6.61 Å². The van der Waals surface area contributed by atoms with Crippen molar-refractivity contribution >= 4 is 0 Å². The third kappa shape index (κ3) is 1.98. The van der Waals surface area contributed by atoms with Crippen molar-refractivity contribution in [1.29, 1.82) is 0 Å². The minimum Gasteiger partial charge on any atom is -0.396 e. The van der Waals surface area contributed by atoms with E-state index in [4.69, 9.17) is 5.11 Å². The second-order valence-corrected chi connectivity index (χ2v) is 4.32. The van der Waals surface area contributed by atoms with Crippen LogP contribution in [-0.2, 0) is 0 Å². The monoisotopic (exact) mass is 142 g/mol. The molecule has 1 heteroatoms. The number of hydrogen-bond donors (Lipinski definition) is 1. The van der Waals surface area contributed by atoms with Crippen LogP contribution >= 0.6 is 0 Å². The predicted molar refractivity (Wildman–Crippen MR) is 42.8 cm³/mol. The van der Waals surface area contributed by atoms with Gasteiger partial charge in [-0.15, -0.1) is 0 Å². The summed E-state index contributed by atoms with van der Waals surface area (Å²) in [5.74, 6) is 0.919. The maximum atomic E-state index is 8.96. The fourth-order valence-corrected chi connectivity index (χ4v) is 1.54. The first kappa shape index (κ1) is 8.06. The lowest BCUT2D eigenvalue weighted by Gasteiger charge is -2.33. The maximum absolute atomic E-state index is 8.96. The van der Waals surface area contributed by atoms with Gasteiger partial charge in [0, 0.05) is 6.61 Å². The summed E-state index contributed by atoms with van der Waals surface area (Å²) in [6.45, 7) is 4.63. The first-order valence-corrected chi connectivity index (χ1v) is 4.25. The lowest BCUT2D eigenvalue weighted by molar-refractivity contribution is 0.107. The lowest BCUT2D eigenvalue weighted by Crippen LogP contribution is -2.24. The molecule has 0 aromatic rings. The molecule has 1 nitrogen and oxygen atoms in total. The molecular weight excluding hydrogens is 124 g/mol. The van der Waals surface area contributed by atoms with Gasteiger partial charge in [0.25, 0.3) is 0 Å². The fourth-order valence-electron chi connectivity index (χ4n) is 1.54. The first-order valence-electron chi connectivity index (χ1n) is 4.25. The molecule has 0 spiro atoms. The molecule has 0 aromatic carbocycles. The number of aliphatic hydroxyl groups is 1. The molecular formula is C9H18O. The van der Waals surface area contributed by atoms with Gasteiger partial charge in [0.2, 0.25) is 0 Å². The van der Waals surface area contributed by atoms with E-state index in [0.717, 1.165) is 5.92 Å². The highest BCUT2D eigenvalue weighted by Crippen LogP contribution is 2.36. The van der Waals surface area contributed by atoms with E-state index in [2.05, 4.69) is 13.8 Å². The molecule has 0 unspecified atom stereocenters. The zero-order chi connectivity index (χ0) is 7.61. The molecule has 0 aromatic heterocycles. The molecule has 60 valence electrons. The van der Waals surface area contributed by atoms with Gasteiger partial charge in [0.15, 0.2) is 0 Å². The largest absolute Gasteiger partial charge is 0.396 e. The Morgan fingerprint density at radius 3 is 2.30 bits per heavy atom. The molecule has 1 aliphatic carbocycles. The molecule has 0 radical (unpaired) electrons. The Bertz CT molecular complexity index is 103. The van der Waals surface area contributed by atoms with Gasteiger partial charge < -0.3 is 5.11 Å². The van der Waals surface area contributed by atoms with Crippen LogP contribution in [0.2, 0.25) is 0 Å². The SMILES string of the molecule is CC(C)(CO)CC1CCC1. The summed E-state index contributed by atoms with van der Waals surface area (Å²) in [5.41, 5.74) is 0.172. The molecule has 1 saturated carbocycles. The third-order valence-electron chi connectivity index (χ3n) is 2.49. The van der Waals surface area contributed by atoms with Crippen LogP contribution in [0.15, 0.2) is 0 Å². The van der Waals surface area contributed by atoms with Crippen LogP contribution in [-0.4, -0.2) is 11.7 Å². The van der Waals surface area contributed by atoms with E-state index in [-0.39, 0.29) is 5.41 Å². The van der Waals surface area contributed by atoms with Gasteiger partial charge >= 0.3 is 0 Å².